The molecule has 1 atom stereocenters. The lowest BCUT2D eigenvalue weighted by Crippen LogP contribution is -2.40. The first-order chi connectivity index (χ1) is 16.5. The van der Waals surface area contributed by atoms with Gasteiger partial charge in [-0.15, -0.1) is 11.3 Å². The predicted octanol–water partition coefficient (Wildman–Crippen LogP) is 3.29. The zero-order chi connectivity index (χ0) is 24.3. The lowest BCUT2D eigenvalue weighted by Gasteiger charge is -2.21. The minimum Gasteiger partial charge on any atom is -0.383 e. The van der Waals surface area contributed by atoms with Crippen LogP contribution < -0.4 is 10.6 Å². The van der Waals surface area contributed by atoms with Crippen LogP contribution in [0.2, 0.25) is 0 Å². The van der Waals surface area contributed by atoms with Crippen molar-refractivity contribution < 1.29 is 19.1 Å². The Hall–Kier alpha value is -3.56. The van der Waals surface area contributed by atoms with Crippen LogP contribution in [0.15, 0.2) is 66.0 Å². The molecule has 0 saturated heterocycles. The Bertz CT molecular complexity index is 1090. The second kappa shape index (κ2) is 12.6. The number of carbonyl (C=O) groups is 3. The van der Waals surface area contributed by atoms with E-state index in [2.05, 4.69) is 15.6 Å². The van der Waals surface area contributed by atoms with Gasteiger partial charge in [-0.1, -0.05) is 48.5 Å². The Labute approximate surface area is 203 Å². The first kappa shape index (κ1) is 25.1. The van der Waals surface area contributed by atoms with Crippen molar-refractivity contribution in [3.63, 3.8) is 0 Å². The molecule has 0 aliphatic rings. The highest BCUT2D eigenvalue weighted by Crippen LogP contribution is 2.17. The van der Waals surface area contributed by atoms with E-state index in [0.29, 0.717) is 23.0 Å². The minimum absolute atomic E-state index is 0.107. The lowest BCUT2D eigenvalue weighted by atomic mass is 10.1. The zero-order valence-corrected chi connectivity index (χ0v) is 20.0. The van der Waals surface area contributed by atoms with Crippen LogP contribution in [0, 0.1) is 0 Å². The van der Waals surface area contributed by atoms with Gasteiger partial charge in [-0.25, -0.2) is 4.98 Å². The third-order valence-corrected chi connectivity index (χ3v) is 5.83. The van der Waals surface area contributed by atoms with E-state index in [-0.39, 0.29) is 43.3 Å². The molecule has 3 rings (SSSR count). The molecule has 2 aromatic carbocycles. The van der Waals surface area contributed by atoms with Crippen LogP contribution in [0.3, 0.4) is 0 Å². The molecule has 0 spiro atoms. The van der Waals surface area contributed by atoms with E-state index in [4.69, 9.17) is 4.74 Å². The summed E-state index contributed by atoms with van der Waals surface area (Å²) in [5, 5.41) is 7.78. The molecular weight excluding hydrogens is 452 g/mol. The van der Waals surface area contributed by atoms with Gasteiger partial charge in [0.2, 0.25) is 11.8 Å². The molecule has 9 heteroatoms. The molecule has 0 aliphatic heterocycles. The number of carbonyl (C=O) groups excluding carboxylic acids is 3. The average molecular weight is 481 g/mol. The maximum absolute atomic E-state index is 12.8. The van der Waals surface area contributed by atoms with Crippen LogP contribution >= 0.6 is 11.3 Å². The first-order valence-electron chi connectivity index (χ1n) is 10.9. The van der Waals surface area contributed by atoms with Crippen molar-refractivity contribution in [3.05, 3.63) is 82.9 Å². The van der Waals surface area contributed by atoms with E-state index >= 15 is 0 Å². The molecule has 1 heterocycles. The van der Waals surface area contributed by atoms with Crippen molar-refractivity contribution in [2.75, 3.05) is 32.1 Å². The number of benzene rings is 2. The van der Waals surface area contributed by atoms with Gasteiger partial charge in [-0.3, -0.25) is 14.4 Å². The van der Waals surface area contributed by atoms with E-state index in [0.717, 1.165) is 5.56 Å². The van der Waals surface area contributed by atoms with Crippen LogP contribution in [0.4, 0.5) is 5.13 Å². The van der Waals surface area contributed by atoms with E-state index in [1.54, 1.807) is 36.8 Å². The summed E-state index contributed by atoms with van der Waals surface area (Å²) in [7, 11) is 1.54. The second-order valence-corrected chi connectivity index (χ2v) is 8.51. The molecule has 0 radical (unpaired) electrons. The molecule has 8 nitrogen and oxygen atoms in total. The monoisotopic (exact) mass is 480 g/mol. The third kappa shape index (κ3) is 7.50. The molecular formula is C25H28N4O4S. The highest BCUT2D eigenvalue weighted by atomic mass is 32.1. The van der Waals surface area contributed by atoms with Crippen molar-refractivity contribution in [3.8, 4) is 0 Å². The topological polar surface area (TPSA) is 101 Å². The molecule has 3 amide bonds. The third-order valence-electron chi connectivity index (χ3n) is 5.02. The van der Waals surface area contributed by atoms with Gasteiger partial charge in [0.15, 0.2) is 5.13 Å². The highest BCUT2D eigenvalue weighted by Gasteiger charge is 2.19. The number of aromatic nitrogens is 1. The van der Waals surface area contributed by atoms with Gasteiger partial charge in [0.25, 0.3) is 5.91 Å². The SMILES string of the molecule is COCCN(CC(=O)Nc1nc(CC(=O)NC(C)c2ccccc2)cs1)C(=O)c1ccccc1. The Kier molecular flexibility index (Phi) is 9.30. The number of amides is 3. The molecule has 1 unspecified atom stereocenters. The largest absolute Gasteiger partial charge is 0.383 e. The van der Waals surface area contributed by atoms with Crippen molar-refractivity contribution in [1.29, 1.82) is 0 Å². The second-order valence-electron chi connectivity index (χ2n) is 7.65. The van der Waals surface area contributed by atoms with Crippen LogP contribution in [0.1, 0.15) is 34.6 Å². The molecule has 34 heavy (non-hydrogen) atoms. The van der Waals surface area contributed by atoms with Crippen molar-refractivity contribution in [2.24, 2.45) is 0 Å². The Morgan fingerprint density at radius 1 is 1.03 bits per heavy atom. The molecule has 178 valence electrons. The van der Waals surface area contributed by atoms with Gasteiger partial charge in [0.05, 0.1) is 24.8 Å². The highest BCUT2D eigenvalue weighted by molar-refractivity contribution is 7.13. The number of hydrogen-bond acceptors (Lipinski definition) is 6. The van der Waals surface area contributed by atoms with E-state index in [1.165, 1.54) is 16.2 Å². The van der Waals surface area contributed by atoms with Crippen molar-refractivity contribution in [2.45, 2.75) is 19.4 Å². The standard InChI is InChI=1S/C25H28N4O4S/c1-18(19-9-5-3-6-10-19)26-22(30)15-21-17-34-25(27-21)28-23(31)16-29(13-14-33-2)24(32)20-11-7-4-8-12-20/h3-12,17-18H,13-16H2,1-2H3,(H,26,30)(H,27,28,31). The molecule has 0 saturated carbocycles. The fraction of sp³-hybridized carbons (Fsp3) is 0.280. The molecule has 2 N–H and O–H groups in total. The summed E-state index contributed by atoms with van der Waals surface area (Å²) >= 11 is 1.23. The number of ether oxygens (including phenoxy) is 1. The van der Waals surface area contributed by atoms with E-state index in [1.807, 2.05) is 43.3 Å². The van der Waals surface area contributed by atoms with Gasteiger partial charge in [0.1, 0.15) is 6.54 Å². The minimum atomic E-state index is -0.372. The van der Waals surface area contributed by atoms with Crippen molar-refractivity contribution in [1.82, 2.24) is 15.2 Å². The first-order valence-corrected chi connectivity index (χ1v) is 11.8. The zero-order valence-electron chi connectivity index (χ0n) is 19.2. The fourth-order valence-corrected chi connectivity index (χ4v) is 4.00. The van der Waals surface area contributed by atoms with Gasteiger partial charge < -0.3 is 20.3 Å². The summed E-state index contributed by atoms with van der Waals surface area (Å²) in [5.41, 5.74) is 2.08. The Morgan fingerprint density at radius 3 is 2.38 bits per heavy atom. The summed E-state index contributed by atoms with van der Waals surface area (Å²) in [6.45, 7) is 2.37. The maximum Gasteiger partial charge on any atom is 0.254 e. The number of hydrogen-bond donors (Lipinski definition) is 2. The molecule has 3 aromatic rings. The van der Waals surface area contributed by atoms with Crippen LogP contribution in [0.25, 0.3) is 0 Å². The summed E-state index contributed by atoms with van der Waals surface area (Å²) < 4.78 is 5.08. The fourth-order valence-electron chi connectivity index (χ4n) is 3.28. The molecule has 0 fully saturated rings. The summed E-state index contributed by atoms with van der Waals surface area (Å²) in [5.74, 6) is -0.779. The van der Waals surface area contributed by atoms with E-state index < -0.39 is 0 Å². The number of nitrogens with zero attached hydrogens (tertiary/aromatic N) is 2. The Balaban J connectivity index is 1.54. The number of rotatable bonds is 11. The van der Waals surface area contributed by atoms with Gasteiger partial charge in [-0.2, -0.15) is 0 Å². The number of nitrogens with one attached hydrogen (secondary N) is 2. The average Bonchev–Trinajstić information content (AvgIpc) is 3.28. The number of thiazole rings is 1. The number of anilines is 1. The van der Waals surface area contributed by atoms with Crippen molar-refractivity contribution >= 4 is 34.2 Å². The normalized spacial score (nSPS) is 11.5. The quantitative estimate of drug-likeness (QED) is 0.439. The maximum atomic E-state index is 12.8. The van der Waals surface area contributed by atoms with Gasteiger partial charge in [-0.05, 0) is 24.6 Å². The van der Waals surface area contributed by atoms with Gasteiger partial charge in [0, 0.05) is 24.6 Å². The molecule has 1 aromatic heterocycles. The van der Waals surface area contributed by atoms with Crippen LogP contribution in [-0.4, -0.2) is 54.4 Å². The molecule has 0 bridgehead atoms. The number of methoxy groups -OCH3 is 1. The summed E-state index contributed by atoms with van der Waals surface area (Å²) in [4.78, 5) is 43.6. The Morgan fingerprint density at radius 2 is 1.71 bits per heavy atom. The predicted molar refractivity (Wildman–Crippen MR) is 132 cm³/mol. The molecule has 0 aliphatic carbocycles. The smallest absolute Gasteiger partial charge is 0.254 e. The van der Waals surface area contributed by atoms with Gasteiger partial charge >= 0.3 is 0 Å². The van der Waals surface area contributed by atoms with Crippen LogP contribution in [0.5, 0.6) is 0 Å². The lowest BCUT2D eigenvalue weighted by molar-refractivity contribution is -0.121. The van der Waals surface area contributed by atoms with E-state index in [9.17, 15) is 14.4 Å². The summed E-state index contributed by atoms with van der Waals surface area (Å²) in [6, 6.07) is 18.4. The van der Waals surface area contributed by atoms with Crippen LogP contribution in [-0.2, 0) is 20.7 Å². The summed E-state index contributed by atoms with van der Waals surface area (Å²) in [6.07, 6.45) is 0.107.